The first-order valence-electron chi connectivity index (χ1n) is 4.30. The van der Waals surface area contributed by atoms with Crippen molar-refractivity contribution >= 4 is 5.84 Å². The highest BCUT2D eigenvalue weighted by atomic mass is 15.3. The molecule has 1 fully saturated rings. The summed E-state index contributed by atoms with van der Waals surface area (Å²) < 4.78 is 0. The summed E-state index contributed by atoms with van der Waals surface area (Å²) in [6.45, 7) is 4.12. The van der Waals surface area contributed by atoms with E-state index in [4.69, 9.17) is 5.73 Å². The maximum absolute atomic E-state index is 6.11. The highest BCUT2D eigenvalue weighted by Crippen LogP contribution is 2.25. The highest BCUT2D eigenvalue weighted by molar-refractivity contribution is 5.85. The van der Waals surface area contributed by atoms with Crippen LogP contribution in [0.15, 0.2) is 4.99 Å². The first kappa shape index (κ1) is 7.10. The molecule has 0 amide bonds. The van der Waals surface area contributed by atoms with Crippen molar-refractivity contribution in [2.45, 2.75) is 31.8 Å². The number of hydrogen-bond donors (Lipinski definition) is 1. The Hall–Kier alpha value is -0.570. The van der Waals surface area contributed by atoms with Gasteiger partial charge in [0.1, 0.15) is 5.84 Å². The van der Waals surface area contributed by atoms with Gasteiger partial charge in [-0.1, -0.05) is 0 Å². The molecule has 0 saturated carbocycles. The number of fused-ring (bicyclic) bond motifs is 1. The molecule has 2 rings (SSSR count). The average Bonchev–Trinajstić information content (AvgIpc) is 2.34. The van der Waals surface area contributed by atoms with Gasteiger partial charge < -0.3 is 10.6 Å². The average molecular weight is 153 g/mol. The van der Waals surface area contributed by atoms with Gasteiger partial charge in [0.05, 0.1) is 5.66 Å². The fourth-order valence-electron chi connectivity index (χ4n) is 1.92. The molecule has 0 aromatic rings. The molecule has 2 aliphatic rings. The van der Waals surface area contributed by atoms with E-state index in [1.807, 2.05) is 0 Å². The lowest BCUT2D eigenvalue weighted by molar-refractivity contribution is 0.192. The summed E-state index contributed by atoms with van der Waals surface area (Å²) in [5.41, 5.74) is 5.99. The quantitative estimate of drug-likeness (QED) is 0.552. The molecule has 2 heterocycles. The SMILES string of the molecule is CC1(N)CCN=C2CCCN21. The van der Waals surface area contributed by atoms with Crippen molar-refractivity contribution < 1.29 is 0 Å². The van der Waals surface area contributed by atoms with Gasteiger partial charge in [0.2, 0.25) is 0 Å². The molecule has 0 bridgehead atoms. The van der Waals surface area contributed by atoms with Crippen LogP contribution >= 0.6 is 0 Å². The minimum absolute atomic E-state index is 0.117. The fraction of sp³-hybridized carbons (Fsp3) is 0.875. The summed E-state index contributed by atoms with van der Waals surface area (Å²) in [7, 11) is 0. The third-order valence-corrected chi connectivity index (χ3v) is 2.62. The van der Waals surface area contributed by atoms with E-state index < -0.39 is 0 Å². The van der Waals surface area contributed by atoms with E-state index in [1.54, 1.807) is 0 Å². The Labute approximate surface area is 67.3 Å². The summed E-state index contributed by atoms with van der Waals surface area (Å²) in [4.78, 5) is 6.71. The van der Waals surface area contributed by atoms with Crippen LogP contribution in [0.3, 0.4) is 0 Å². The van der Waals surface area contributed by atoms with Gasteiger partial charge in [0, 0.05) is 25.9 Å². The van der Waals surface area contributed by atoms with Crippen LogP contribution in [0, 0.1) is 0 Å². The predicted molar refractivity (Wildman–Crippen MR) is 45.5 cm³/mol. The Morgan fingerprint density at radius 2 is 2.45 bits per heavy atom. The lowest BCUT2D eigenvalue weighted by Crippen LogP contribution is -2.56. The van der Waals surface area contributed by atoms with Crippen molar-refractivity contribution in [2.24, 2.45) is 10.7 Å². The normalized spacial score (nSPS) is 36.9. The van der Waals surface area contributed by atoms with E-state index in [9.17, 15) is 0 Å². The van der Waals surface area contributed by atoms with Crippen LogP contribution in [0.2, 0.25) is 0 Å². The smallest absolute Gasteiger partial charge is 0.100 e. The van der Waals surface area contributed by atoms with Crippen molar-refractivity contribution in [1.82, 2.24) is 4.90 Å². The summed E-state index contributed by atoms with van der Waals surface area (Å²) >= 11 is 0. The van der Waals surface area contributed by atoms with Gasteiger partial charge in [-0.15, -0.1) is 0 Å². The van der Waals surface area contributed by atoms with Gasteiger partial charge in [0.25, 0.3) is 0 Å². The summed E-state index contributed by atoms with van der Waals surface area (Å²) in [6, 6.07) is 0. The van der Waals surface area contributed by atoms with Crippen LogP contribution in [0.1, 0.15) is 26.2 Å². The summed E-state index contributed by atoms with van der Waals surface area (Å²) in [5.74, 6) is 1.24. The van der Waals surface area contributed by atoms with Crippen LogP contribution in [0.4, 0.5) is 0 Å². The van der Waals surface area contributed by atoms with Gasteiger partial charge in [0.15, 0.2) is 0 Å². The summed E-state index contributed by atoms with van der Waals surface area (Å²) in [6.07, 6.45) is 3.36. The highest BCUT2D eigenvalue weighted by Gasteiger charge is 2.35. The minimum atomic E-state index is -0.117. The first-order valence-corrected chi connectivity index (χ1v) is 4.30. The molecule has 62 valence electrons. The monoisotopic (exact) mass is 153 g/mol. The van der Waals surface area contributed by atoms with E-state index in [2.05, 4.69) is 16.8 Å². The van der Waals surface area contributed by atoms with Gasteiger partial charge >= 0.3 is 0 Å². The number of nitrogens with zero attached hydrogens (tertiary/aromatic N) is 2. The molecule has 3 heteroatoms. The number of rotatable bonds is 0. The fourth-order valence-corrected chi connectivity index (χ4v) is 1.92. The van der Waals surface area contributed by atoms with Crippen molar-refractivity contribution in [3.8, 4) is 0 Å². The third kappa shape index (κ3) is 1.03. The Balaban J connectivity index is 2.26. The molecular formula is C8H15N3. The largest absolute Gasteiger partial charge is 0.343 e. The lowest BCUT2D eigenvalue weighted by atomic mass is 10.1. The zero-order chi connectivity index (χ0) is 7.90. The molecule has 0 radical (unpaired) electrons. The number of aliphatic imine (C=N–C) groups is 1. The van der Waals surface area contributed by atoms with Gasteiger partial charge in [-0.2, -0.15) is 0 Å². The second kappa shape index (κ2) is 2.21. The minimum Gasteiger partial charge on any atom is -0.343 e. The molecule has 0 aromatic carbocycles. The Morgan fingerprint density at radius 1 is 1.64 bits per heavy atom. The standard InChI is InChI=1S/C8H15N3/c1-8(9)4-5-10-7-3-2-6-11(7)8/h2-6,9H2,1H3. The molecule has 3 nitrogen and oxygen atoms in total. The van der Waals surface area contributed by atoms with E-state index >= 15 is 0 Å². The predicted octanol–water partition coefficient (Wildman–Crippen LogP) is 0.559. The Kier molecular flexibility index (Phi) is 1.42. The topological polar surface area (TPSA) is 41.6 Å². The van der Waals surface area contributed by atoms with Gasteiger partial charge in [-0.05, 0) is 13.3 Å². The molecule has 2 aliphatic heterocycles. The van der Waals surface area contributed by atoms with Crippen LogP contribution < -0.4 is 5.73 Å². The van der Waals surface area contributed by atoms with Crippen molar-refractivity contribution in [3.05, 3.63) is 0 Å². The van der Waals surface area contributed by atoms with E-state index in [1.165, 1.54) is 12.3 Å². The molecule has 1 saturated heterocycles. The first-order chi connectivity index (χ1) is 5.20. The number of nitrogens with two attached hydrogens (primary N) is 1. The van der Waals surface area contributed by atoms with Crippen LogP contribution in [0.25, 0.3) is 0 Å². The van der Waals surface area contributed by atoms with Crippen molar-refractivity contribution in [2.75, 3.05) is 13.1 Å². The molecule has 0 aromatic heterocycles. The maximum Gasteiger partial charge on any atom is 0.100 e. The molecule has 0 spiro atoms. The molecule has 0 aliphatic carbocycles. The van der Waals surface area contributed by atoms with Crippen LogP contribution in [0.5, 0.6) is 0 Å². The Morgan fingerprint density at radius 3 is 3.18 bits per heavy atom. The number of amidine groups is 1. The maximum atomic E-state index is 6.11. The van der Waals surface area contributed by atoms with Crippen LogP contribution in [-0.2, 0) is 0 Å². The molecule has 11 heavy (non-hydrogen) atoms. The zero-order valence-electron chi connectivity index (χ0n) is 7.01. The van der Waals surface area contributed by atoms with Gasteiger partial charge in [-0.25, -0.2) is 0 Å². The second-order valence-electron chi connectivity index (χ2n) is 3.66. The Bertz CT molecular complexity index is 196. The van der Waals surface area contributed by atoms with Gasteiger partial charge in [-0.3, -0.25) is 4.99 Å². The van der Waals surface area contributed by atoms with E-state index in [0.29, 0.717) is 0 Å². The molecular weight excluding hydrogens is 138 g/mol. The second-order valence-corrected chi connectivity index (χ2v) is 3.66. The third-order valence-electron chi connectivity index (χ3n) is 2.62. The zero-order valence-corrected chi connectivity index (χ0v) is 7.01. The summed E-state index contributed by atoms with van der Waals surface area (Å²) in [5, 5.41) is 0. The molecule has 2 N–H and O–H groups in total. The van der Waals surface area contributed by atoms with E-state index in [0.717, 1.165) is 25.9 Å². The number of hydrogen-bond acceptors (Lipinski definition) is 3. The van der Waals surface area contributed by atoms with Crippen LogP contribution in [-0.4, -0.2) is 29.5 Å². The lowest BCUT2D eigenvalue weighted by Gasteiger charge is -2.39. The van der Waals surface area contributed by atoms with E-state index in [-0.39, 0.29) is 5.66 Å². The molecule has 1 unspecified atom stereocenters. The van der Waals surface area contributed by atoms with Crippen molar-refractivity contribution in [1.29, 1.82) is 0 Å². The van der Waals surface area contributed by atoms with Crippen molar-refractivity contribution in [3.63, 3.8) is 0 Å². The molecule has 1 atom stereocenters.